The van der Waals surface area contributed by atoms with Crippen LogP contribution in [0.25, 0.3) is 0 Å². The van der Waals surface area contributed by atoms with Gasteiger partial charge in [-0.1, -0.05) is 0 Å². The van der Waals surface area contributed by atoms with E-state index in [4.69, 9.17) is 15.3 Å². The number of aliphatic carboxylic acids is 4. The summed E-state index contributed by atoms with van der Waals surface area (Å²) in [5.41, 5.74) is 0. The van der Waals surface area contributed by atoms with Gasteiger partial charge < -0.3 is 25.2 Å². The van der Waals surface area contributed by atoms with Gasteiger partial charge in [-0.15, -0.1) is 0 Å². The first-order valence-electron chi connectivity index (χ1n) is 5.93. The molecule has 0 saturated carbocycles. The summed E-state index contributed by atoms with van der Waals surface area (Å²) in [5, 5.41) is 36.7. The van der Waals surface area contributed by atoms with E-state index < -0.39 is 56.1 Å². The second-order valence-corrected chi connectivity index (χ2v) is 4.48. The maximum atomic E-state index is 10.7. The zero-order valence-electron chi connectivity index (χ0n) is 12.8. The Morgan fingerprint density at radius 3 is 1.61 bits per heavy atom. The summed E-state index contributed by atoms with van der Waals surface area (Å²) >= 11 is 0. The third kappa shape index (κ3) is 15.4. The van der Waals surface area contributed by atoms with Crippen LogP contribution in [0.3, 0.4) is 0 Å². The largest absolute Gasteiger partial charge is 1.00 e. The van der Waals surface area contributed by atoms with E-state index in [0.29, 0.717) is 0 Å². The molecule has 0 aromatic carbocycles. The molecule has 1 atom stereocenters. The van der Waals surface area contributed by atoms with Gasteiger partial charge in [-0.3, -0.25) is 24.2 Å². The Labute approximate surface area is 187 Å². The number of carbonyl (C=O) groups excluding carboxylic acids is 1. The summed E-state index contributed by atoms with van der Waals surface area (Å²) in [5.74, 6) is -5.22. The number of rotatable bonds is 11. The molecule has 0 unspecified atom stereocenters. The van der Waals surface area contributed by atoms with E-state index in [1.165, 1.54) is 6.92 Å². The first-order chi connectivity index (χ1) is 9.61. The molecular formula is C11H17N2NaO8Sm. The molecule has 0 bridgehead atoms. The maximum Gasteiger partial charge on any atom is 1.00 e. The minimum Gasteiger partial charge on any atom is -0.549 e. The van der Waals surface area contributed by atoms with Gasteiger partial charge >= 0.3 is 47.5 Å². The fraction of sp³-hybridized carbons (Fsp3) is 0.636. The summed E-state index contributed by atoms with van der Waals surface area (Å²) in [6.45, 7) is -0.974. The average molecular weight is 479 g/mol. The molecule has 0 rings (SSSR count). The normalized spacial score (nSPS) is 11.3. The molecule has 0 aliphatic carbocycles. The molecule has 0 amide bonds. The maximum absolute atomic E-state index is 10.7. The molecule has 10 nitrogen and oxygen atoms in total. The monoisotopic (exact) mass is 480 g/mol. The molecule has 126 valence electrons. The standard InChI is InChI=1S/C11H18N2O8.Na.Sm/c1-7(13(5-10(18)19)6-11(20)21)2-12(3-8(14)15)4-9(16)17;;/h7H,2-6H2,1H3,(H,14,15)(H,16,17)(H,18,19)(H,20,21);;/q;+1;/p-1/t7-;;/m0../s1. The van der Waals surface area contributed by atoms with E-state index in [1.807, 2.05) is 0 Å². The molecular weight excluding hydrogens is 461 g/mol. The van der Waals surface area contributed by atoms with Crippen molar-refractivity contribution < 1.29 is 110 Å². The van der Waals surface area contributed by atoms with Crippen LogP contribution in [0.5, 0.6) is 0 Å². The smallest absolute Gasteiger partial charge is 0.549 e. The molecule has 3 N–H and O–H groups in total. The first-order valence-corrected chi connectivity index (χ1v) is 5.93. The fourth-order valence-electron chi connectivity index (χ4n) is 1.76. The van der Waals surface area contributed by atoms with Gasteiger partial charge in [0.25, 0.3) is 0 Å². The summed E-state index contributed by atoms with van der Waals surface area (Å²) < 4.78 is 0. The number of hydrogen-bond acceptors (Lipinski definition) is 7. The van der Waals surface area contributed by atoms with Gasteiger partial charge in [-0.25, -0.2) is 0 Å². The second-order valence-electron chi connectivity index (χ2n) is 4.48. The number of carbonyl (C=O) groups is 4. The van der Waals surface area contributed by atoms with Gasteiger partial charge in [0.2, 0.25) is 0 Å². The summed E-state index contributed by atoms with van der Waals surface area (Å²) in [7, 11) is 0. The van der Waals surface area contributed by atoms with Crippen LogP contribution < -0.4 is 34.7 Å². The molecule has 0 heterocycles. The Morgan fingerprint density at radius 2 is 1.30 bits per heavy atom. The van der Waals surface area contributed by atoms with Crippen LogP contribution in [0.1, 0.15) is 6.92 Å². The third-order valence-electron chi connectivity index (χ3n) is 2.53. The van der Waals surface area contributed by atoms with Crippen molar-refractivity contribution >= 4 is 23.9 Å². The van der Waals surface area contributed by atoms with Crippen LogP contribution >= 0.6 is 0 Å². The molecule has 0 aromatic heterocycles. The molecule has 0 aromatic rings. The SMILES string of the molecule is C[C@@H](CN(CC(=O)O)CC(=O)O)N(CC(=O)[O-])CC(=O)O.[Na+].[Sm]. The molecule has 23 heavy (non-hydrogen) atoms. The van der Waals surface area contributed by atoms with E-state index in [0.717, 1.165) is 9.80 Å². The summed E-state index contributed by atoms with van der Waals surface area (Å²) in [6.07, 6.45) is 0. The molecule has 12 heteroatoms. The average Bonchev–Trinajstić information content (AvgIpc) is 2.24. The Kier molecular flexibility index (Phi) is 17.6. The van der Waals surface area contributed by atoms with E-state index in [-0.39, 0.29) is 76.5 Å². The van der Waals surface area contributed by atoms with E-state index >= 15 is 0 Å². The molecule has 0 spiro atoms. The van der Waals surface area contributed by atoms with Gasteiger partial charge in [0.1, 0.15) is 0 Å². The first kappa shape index (κ1) is 28.0. The van der Waals surface area contributed by atoms with Crippen molar-refractivity contribution in [1.29, 1.82) is 0 Å². The Hall–Kier alpha value is 0.138. The van der Waals surface area contributed by atoms with Crippen LogP contribution in [0.2, 0.25) is 0 Å². The predicted molar refractivity (Wildman–Crippen MR) is 65.4 cm³/mol. The number of carboxylic acid groups (broad SMARTS) is 4. The van der Waals surface area contributed by atoms with Crippen LogP contribution in [0.4, 0.5) is 0 Å². The van der Waals surface area contributed by atoms with Crippen LogP contribution in [0, 0.1) is 40.4 Å². The van der Waals surface area contributed by atoms with Gasteiger partial charge in [0.15, 0.2) is 0 Å². The van der Waals surface area contributed by atoms with Gasteiger partial charge in [0, 0.05) is 59.5 Å². The van der Waals surface area contributed by atoms with Crippen LogP contribution in [-0.2, 0) is 19.2 Å². The van der Waals surface area contributed by atoms with Crippen molar-refractivity contribution in [3.8, 4) is 0 Å². The zero-order chi connectivity index (χ0) is 16.6. The van der Waals surface area contributed by atoms with Crippen molar-refractivity contribution in [3.63, 3.8) is 0 Å². The second kappa shape index (κ2) is 14.5. The van der Waals surface area contributed by atoms with Crippen molar-refractivity contribution in [2.45, 2.75) is 13.0 Å². The molecule has 0 aliphatic heterocycles. The minimum atomic E-state index is -1.48. The van der Waals surface area contributed by atoms with Gasteiger partial charge in [-0.05, 0) is 6.92 Å². The van der Waals surface area contributed by atoms with Crippen molar-refractivity contribution in [2.75, 3.05) is 32.7 Å². The van der Waals surface area contributed by atoms with E-state index in [1.54, 1.807) is 0 Å². The predicted octanol–water partition coefficient (Wildman–Crippen LogP) is -6.01. The van der Waals surface area contributed by atoms with Crippen molar-refractivity contribution in [2.24, 2.45) is 0 Å². The third-order valence-corrected chi connectivity index (χ3v) is 2.53. The topological polar surface area (TPSA) is 159 Å². The Morgan fingerprint density at radius 1 is 0.913 bits per heavy atom. The quantitative estimate of drug-likeness (QED) is 0.244. The van der Waals surface area contributed by atoms with Gasteiger partial charge in [-0.2, -0.15) is 0 Å². The fourth-order valence-corrected chi connectivity index (χ4v) is 1.76. The number of nitrogens with zero attached hydrogens (tertiary/aromatic N) is 2. The molecule has 0 saturated heterocycles. The van der Waals surface area contributed by atoms with Crippen LogP contribution in [-0.4, -0.2) is 87.8 Å². The van der Waals surface area contributed by atoms with Crippen molar-refractivity contribution in [3.05, 3.63) is 0 Å². The Balaban J connectivity index is -0.00000200. The van der Waals surface area contributed by atoms with Gasteiger partial charge in [0.05, 0.1) is 25.6 Å². The number of carboxylic acids is 4. The zero-order valence-corrected chi connectivity index (χ0v) is 17.4. The molecule has 0 aliphatic rings. The minimum absolute atomic E-state index is 0. The summed E-state index contributed by atoms with van der Waals surface area (Å²) in [4.78, 5) is 44.7. The summed E-state index contributed by atoms with van der Waals surface area (Å²) in [6, 6.07) is -0.683. The Bertz CT molecular complexity index is 391. The molecule has 0 fully saturated rings. The number of hydrogen-bond donors (Lipinski definition) is 3. The van der Waals surface area contributed by atoms with E-state index in [2.05, 4.69) is 0 Å². The van der Waals surface area contributed by atoms with E-state index in [9.17, 15) is 24.3 Å². The van der Waals surface area contributed by atoms with Crippen LogP contribution in [0.15, 0.2) is 0 Å². The van der Waals surface area contributed by atoms with Crippen molar-refractivity contribution in [1.82, 2.24) is 9.80 Å². The molecule has 0 radical (unpaired) electrons.